The van der Waals surface area contributed by atoms with Crippen molar-refractivity contribution < 1.29 is 9.53 Å². The van der Waals surface area contributed by atoms with E-state index in [2.05, 4.69) is 74.0 Å². The molecule has 0 aliphatic carbocycles. The van der Waals surface area contributed by atoms with Crippen molar-refractivity contribution in [2.45, 2.75) is 18.6 Å². The van der Waals surface area contributed by atoms with Crippen molar-refractivity contribution in [2.75, 3.05) is 32.1 Å². The van der Waals surface area contributed by atoms with E-state index in [4.69, 9.17) is 16.3 Å². The van der Waals surface area contributed by atoms with Crippen LogP contribution in [0.3, 0.4) is 0 Å². The first-order valence-corrected chi connectivity index (χ1v) is 10.9. The summed E-state index contributed by atoms with van der Waals surface area (Å²) in [5.74, 6) is 0.142. The molecule has 0 spiro atoms. The molecular weight excluding hydrogens is 426 g/mol. The first-order valence-electron chi connectivity index (χ1n) is 10.5. The zero-order valence-electron chi connectivity index (χ0n) is 17.9. The van der Waals surface area contributed by atoms with Crippen molar-refractivity contribution in [2.24, 2.45) is 0 Å². The van der Waals surface area contributed by atoms with Crippen LogP contribution in [0.4, 0.5) is 5.82 Å². The third kappa shape index (κ3) is 5.07. The average Bonchev–Trinajstić information content (AvgIpc) is 2.79. The number of anilines is 1. The number of carbonyl (C=O) groups is 1. The fourth-order valence-electron chi connectivity index (χ4n) is 3.78. The summed E-state index contributed by atoms with van der Waals surface area (Å²) >= 11 is 6.01. The van der Waals surface area contributed by atoms with Crippen LogP contribution < -0.4 is 10.6 Å². The van der Waals surface area contributed by atoms with Gasteiger partial charge in [-0.1, -0.05) is 60.7 Å². The van der Waals surface area contributed by atoms with E-state index >= 15 is 0 Å². The van der Waals surface area contributed by atoms with Gasteiger partial charge in [0.1, 0.15) is 11.4 Å². The molecule has 7 nitrogen and oxygen atoms in total. The molecule has 0 saturated carbocycles. The second kappa shape index (κ2) is 10.1. The fraction of sp³-hybridized carbons (Fsp3) is 0.292. The Morgan fingerprint density at radius 1 is 1.06 bits per heavy atom. The van der Waals surface area contributed by atoms with Gasteiger partial charge in [0.15, 0.2) is 0 Å². The van der Waals surface area contributed by atoms with Crippen LogP contribution in [0, 0.1) is 0 Å². The van der Waals surface area contributed by atoms with E-state index in [1.54, 1.807) is 7.05 Å². The van der Waals surface area contributed by atoms with E-state index in [0.29, 0.717) is 31.1 Å². The molecule has 166 valence electrons. The molecule has 32 heavy (non-hydrogen) atoms. The summed E-state index contributed by atoms with van der Waals surface area (Å²) in [6, 6.07) is 20.8. The molecule has 0 radical (unpaired) electrons. The summed E-state index contributed by atoms with van der Waals surface area (Å²) in [6.45, 7) is 3.24. The van der Waals surface area contributed by atoms with Gasteiger partial charge in [0.25, 0.3) is 5.91 Å². The van der Waals surface area contributed by atoms with E-state index in [-0.39, 0.29) is 16.7 Å². The summed E-state index contributed by atoms with van der Waals surface area (Å²) in [4.78, 5) is 22.9. The fourth-order valence-corrected chi connectivity index (χ4v) is 3.91. The molecule has 0 atom stereocenters. The standard InChI is InChI=1S/C24H26ClN5O2/c1-26-22(31)20-12-27-23(25)29-21(20)28-15-24(16-32-17-24)30(13-18-8-4-2-5-9-18)14-19-10-6-3-7-11-19/h2-12H,13-17H2,1H3,(H,26,31)(H,27,28,29). The van der Waals surface area contributed by atoms with Crippen molar-refractivity contribution >= 4 is 23.3 Å². The van der Waals surface area contributed by atoms with Crippen LogP contribution in [0.15, 0.2) is 66.9 Å². The van der Waals surface area contributed by atoms with Gasteiger partial charge in [0.2, 0.25) is 5.28 Å². The van der Waals surface area contributed by atoms with E-state index < -0.39 is 0 Å². The SMILES string of the molecule is CNC(=O)c1cnc(Cl)nc1NCC1(N(Cc2ccccc2)Cc2ccccc2)COC1. The smallest absolute Gasteiger partial charge is 0.256 e. The van der Waals surface area contributed by atoms with Crippen LogP contribution in [0.2, 0.25) is 5.28 Å². The largest absolute Gasteiger partial charge is 0.377 e. The van der Waals surface area contributed by atoms with Crippen LogP contribution in [0.25, 0.3) is 0 Å². The highest BCUT2D eigenvalue weighted by Crippen LogP contribution is 2.30. The monoisotopic (exact) mass is 451 g/mol. The Kier molecular flexibility index (Phi) is 6.99. The number of rotatable bonds is 9. The molecule has 1 saturated heterocycles. The molecule has 3 aromatic rings. The lowest BCUT2D eigenvalue weighted by atomic mass is 9.92. The second-order valence-electron chi connectivity index (χ2n) is 7.88. The van der Waals surface area contributed by atoms with Crippen LogP contribution in [-0.4, -0.2) is 53.1 Å². The zero-order valence-corrected chi connectivity index (χ0v) is 18.7. The lowest BCUT2D eigenvalue weighted by Gasteiger charge is -2.50. The molecule has 4 rings (SSSR count). The lowest BCUT2D eigenvalue weighted by Crippen LogP contribution is -2.65. The Labute approximate surface area is 192 Å². The maximum absolute atomic E-state index is 12.3. The van der Waals surface area contributed by atoms with Gasteiger partial charge in [-0.15, -0.1) is 0 Å². The van der Waals surface area contributed by atoms with Gasteiger partial charge in [0.05, 0.1) is 18.8 Å². The molecule has 2 N–H and O–H groups in total. The first kappa shape index (κ1) is 22.2. The number of nitrogens with zero attached hydrogens (tertiary/aromatic N) is 3. The van der Waals surface area contributed by atoms with Crippen LogP contribution >= 0.6 is 11.6 Å². The number of hydrogen-bond donors (Lipinski definition) is 2. The molecule has 2 aromatic carbocycles. The third-order valence-electron chi connectivity index (χ3n) is 5.66. The Balaban J connectivity index is 1.59. The van der Waals surface area contributed by atoms with Gasteiger partial charge < -0.3 is 15.4 Å². The number of ether oxygens (including phenoxy) is 1. The molecule has 8 heteroatoms. The molecular formula is C24H26ClN5O2. The Morgan fingerprint density at radius 3 is 2.16 bits per heavy atom. The summed E-state index contributed by atoms with van der Waals surface area (Å²) in [6.07, 6.45) is 1.44. The Morgan fingerprint density at radius 2 is 1.66 bits per heavy atom. The molecule has 0 unspecified atom stereocenters. The lowest BCUT2D eigenvalue weighted by molar-refractivity contribution is -0.140. The average molecular weight is 452 g/mol. The minimum absolute atomic E-state index is 0.0875. The number of carbonyl (C=O) groups excluding carboxylic acids is 1. The highest BCUT2D eigenvalue weighted by atomic mass is 35.5. The van der Waals surface area contributed by atoms with Gasteiger partial charge in [-0.25, -0.2) is 4.98 Å². The normalized spacial score (nSPS) is 14.6. The summed E-state index contributed by atoms with van der Waals surface area (Å²) in [5, 5.41) is 6.05. The Hall–Kier alpha value is -3.00. The number of aromatic nitrogens is 2. The maximum atomic E-state index is 12.3. The quantitative estimate of drug-likeness (QED) is 0.485. The van der Waals surface area contributed by atoms with E-state index in [1.165, 1.54) is 17.3 Å². The van der Waals surface area contributed by atoms with Crippen molar-refractivity contribution in [1.29, 1.82) is 0 Å². The predicted molar refractivity (Wildman–Crippen MR) is 125 cm³/mol. The van der Waals surface area contributed by atoms with E-state index in [9.17, 15) is 4.79 Å². The van der Waals surface area contributed by atoms with Gasteiger partial charge in [-0.05, 0) is 22.7 Å². The number of hydrogen-bond acceptors (Lipinski definition) is 6. The van der Waals surface area contributed by atoms with Crippen LogP contribution in [0.5, 0.6) is 0 Å². The predicted octanol–water partition coefficient (Wildman–Crippen LogP) is 3.37. The molecule has 2 heterocycles. The van der Waals surface area contributed by atoms with E-state index in [0.717, 1.165) is 13.1 Å². The molecule has 1 aliphatic rings. The Bertz CT molecular complexity index is 1000. The number of amides is 1. The van der Waals surface area contributed by atoms with Gasteiger partial charge in [0, 0.05) is 32.9 Å². The molecule has 1 amide bonds. The molecule has 1 fully saturated rings. The van der Waals surface area contributed by atoms with Gasteiger partial charge in [-0.2, -0.15) is 4.98 Å². The van der Waals surface area contributed by atoms with Gasteiger partial charge in [-0.3, -0.25) is 9.69 Å². The number of benzene rings is 2. The summed E-state index contributed by atoms with van der Waals surface area (Å²) in [5.41, 5.74) is 2.55. The topological polar surface area (TPSA) is 79.4 Å². The highest BCUT2D eigenvalue weighted by molar-refractivity contribution is 6.28. The second-order valence-corrected chi connectivity index (χ2v) is 8.22. The molecule has 1 aliphatic heterocycles. The number of halogens is 1. The maximum Gasteiger partial charge on any atom is 0.256 e. The number of nitrogens with one attached hydrogen (secondary N) is 2. The minimum Gasteiger partial charge on any atom is -0.377 e. The highest BCUT2D eigenvalue weighted by Gasteiger charge is 2.44. The van der Waals surface area contributed by atoms with Crippen LogP contribution in [0.1, 0.15) is 21.5 Å². The molecule has 0 bridgehead atoms. The first-order chi connectivity index (χ1) is 15.6. The summed E-state index contributed by atoms with van der Waals surface area (Å²) in [7, 11) is 1.57. The van der Waals surface area contributed by atoms with Crippen molar-refractivity contribution in [1.82, 2.24) is 20.2 Å². The van der Waals surface area contributed by atoms with Gasteiger partial charge >= 0.3 is 0 Å². The molecule has 1 aromatic heterocycles. The van der Waals surface area contributed by atoms with Crippen LogP contribution in [-0.2, 0) is 17.8 Å². The van der Waals surface area contributed by atoms with Crippen molar-refractivity contribution in [3.63, 3.8) is 0 Å². The van der Waals surface area contributed by atoms with Crippen molar-refractivity contribution in [3.8, 4) is 0 Å². The van der Waals surface area contributed by atoms with Crippen molar-refractivity contribution in [3.05, 3.63) is 88.8 Å². The zero-order chi connectivity index (χ0) is 22.4. The van der Waals surface area contributed by atoms with E-state index in [1.807, 2.05) is 12.1 Å². The summed E-state index contributed by atoms with van der Waals surface area (Å²) < 4.78 is 5.69. The minimum atomic E-state index is -0.270. The third-order valence-corrected chi connectivity index (χ3v) is 5.84.